The maximum Gasteiger partial charge on any atom is 0.241 e. The first kappa shape index (κ1) is 15.0. The van der Waals surface area contributed by atoms with Gasteiger partial charge in [-0.05, 0) is 36.3 Å². The fourth-order valence-corrected chi connectivity index (χ4v) is 3.37. The first-order chi connectivity index (χ1) is 10.6. The minimum atomic E-state index is -0.324. The van der Waals surface area contributed by atoms with Crippen LogP contribution in [0.3, 0.4) is 0 Å². The van der Waals surface area contributed by atoms with E-state index < -0.39 is 0 Å². The van der Waals surface area contributed by atoms with Crippen molar-refractivity contribution in [2.24, 2.45) is 5.92 Å². The largest absolute Gasteiger partial charge is 0.338 e. The lowest BCUT2D eigenvalue weighted by molar-refractivity contribution is -0.135. The summed E-state index contributed by atoms with van der Waals surface area (Å²) in [6, 6.07) is 2.06. The molecule has 0 spiro atoms. The molecule has 3 amide bonds. The van der Waals surface area contributed by atoms with Gasteiger partial charge in [0.05, 0.1) is 0 Å². The first-order valence-corrected chi connectivity index (χ1v) is 8.43. The van der Waals surface area contributed by atoms with E-state index in [9.17, 15) is 14.4 Å². The van der Waals surface area contributed by atoms with Gasteiger partial charge in [-0.25, -0.2) is 0 Å². The minimum absolute atomic E-state index is 0.0134. The van der Waals surface area contributed by atoms with Crippen LogP contribution in [0.2, 0.25) is 0 Å². The Bertz CT molecular complexity index is 595. The van der Waals surface area contributed by atoms with Crippen LogP contribution in [0.1, 0.15) is 36.1 Å². The highest BCUT2D eigenvalue weighted by atomic mass is 32.1. The summed E-state index contributed by atoms with van der Waals surface area (Å²) >= 11 is 1.73. The Labute approximate surface area is 132 Å². The van der Waals surface area contributed by atoms with Gasteiger partial charge in [0.1, 0.15) is 0 Å². The molecule has 118 valence electrons. The van der Waals surface area contributed by atoms with Crippen LogP contribution >= 0.6 is 11.3 Å². The van der Waals surface area contributed by atoms with Crippen molar-refractivity contribution >= 4 is 29.1 Å². The van der Waals surface area contributed by atoms with Gasteiger partial charge in [0.25, 0.3) is 0 Å². The molecule has 0 aromatic carbocycles. The molecule has 1 aromatic rings. The standard InChI is InChI=1S/C15H19N3O3S/c19-13(16-17-15(21)10-1-2-10)3-4-14(20)18-7-5-12-11(9-18)6-8-22-12/h6,8,10H,1-5,7,9H2,(H,16,19)(H,17,21). The third-order valence-corrected chi connectivity index (χ3v) is 5.02. The van der Waals surface area contributed by atoms with Crippen LogP contribution in [0.5, 0.6) is 0 Å². The number of nitrogens with one attached hydrogen (secondary N) is 2. The summed E-state index contributed by atoms with van der Waals surface area (Å²) in [6.45, 7) is 1.35. The minimum Gasteiger partial charge on any atom is -0.338 e. The zero-order chi connectivity index (χ0) is 15.5. The number of hydrogen-bond acceptors (Lipinski definition) is 4. The van der Waals surface area contributed by atoms with Crippen LogP contribution in [0.25, 0.3) is 0 Å². The van der Waals surface area contributed by atoms with Crippen molar-refractivity contribution in [2.45, 2.75) is 38.6 Å². The van der Waals surface area contributed by atoms with E-state index in [0.29, 0.717) is 13.1 Å². The maximum absolute atomic E-state index is 12.2. The van der Waals surface area contributed by atoms with Crippen molar-refractivity contribution in [1.82, 2.24) is 15.8 Å². The second-order valence-electron chi connectivity index (χ2n) is 5.75. The monoisotopic (exact) mass is 321 g/mol. The molecule has 22 heavy (non-hydrogen) atoms. The topological polar surface area (TPSA) is 78.5 Å². The highest BCUT2D eigenvalue weighted by molar-refractivity contribution is 7.10. The van der Waals surface area contributed by atoms with Crippen LogP contribution in [-0.2, 0) is 27.3 Å². The van der Waals surface area contributed by atoms with Gasteiger partial charge >= 0.3 is 0 Å². The molecule has 7 heteroatoms. The molecule has 1 aliphatic heterocycles. The molecule has 2 heterocycles. The number of thiophene rings is 1. The number of hydrazine groups is 1. The quantitative estimate of drug-likeness (QED) is 0.811. The molecule has 2 aliphatic rings. The molecule has 0 unspecified atom stereocenters. The average Bonchev–Trinajstić information content (AvgIpc) is 3.27. The summed E-state index contributed by atoms with van der Waals surface area (Å²) in [5, 5.41) is 2.05. The Morgan fingerprint density at radius 2 is 2.05 bits per heavy atom. The molecular formula is C15H19N3O3S. The third kappa shape index (κ3) is 3.65. The molecular weight excluding hydrogens is 302 g/mol. The van der Waals surface area contributed by atoms with E-state index in [4.69, 9.17) is 0 Å². The van der Waals surface area contributed by atoms with Gasteiger partial charge in [0.15, 0.2) is 0 Å². The Kier molecular flexibility index (Phi) is 4.42. The van der Waals surface area contributed by atoms with E-state index >= 15 is 0 Å². The number of amides is 3. The molecule has 0 atom stereocenters. The third-order valence-electron chi connectivity index (χ3n) is 4.00. The number of nitrogens with zero attached hydrogens (tertiary/aromatic N) is 1. The predicted octanol–water partition coefficient (Wildman–Crippen LogP) is 0.970. The Hall–Kier alpha value is -1.89. The van der Waals surface area contributed by atoms with Crippen molar-refractivity contribution in [2.75, 3.05) is 6.54 Å². The normalized spacial score (nSPS) is 16.8. The smallest absolute Gasteiger partial charge is 0.241 e. The van der Waals surface area contributed by atoms with Gasteiger partial charge < -0.3 is 4.90 Å². The van der Waals surface area contributed by atoms with Crippen LogP contribution in [0.15, 0.2) is 11.4 Å². The van der Waals surface area contributed by atoms with E-state index in [1.54, 1.807) is 16.2 Å². The lowest BCUT2D eigenvalue weighted by atomic mass is 10.1. The summed E-state index contributed by atoms with van der Waals surface area (Å²) in [4.78, 5) is 38.3. The van der Waals surface area contributed by atoms with E-state index in [1.165, 1.54) is 10.4 Å². The van der Waals surface area contributed by atoms with Crippen molar-refractivity contribution < 1.29 is 14.4 Å². The summed E-state index contributed by atoms with van der Waals surface area (Å²) in [5.74, 6) is -0.424. The molecule has 0 bridgehead atoms. The highest BCUT2D eigenvalue weighted by Gasteiger charge is 2.29. The molecule has 1 aromatic heterocycles. The van der Waals surface area contributed by atoms with Crippen molar-refractivity contribution in [3.63, 3.8) is 0 Å². The molecule has 1 aliphatic carbocycles. The van der Waals surface area contributed by atoms with Gasteiger partial charge in [-0.1, -0.05) is 0 Å². The number of carbonyl (C=O) groups excluding carboxylic acids is 3. The number of rotatable bonds is 4. The summed E-state index contributed by atoms with van der Waals surface area (Å²) in [5.41, 5.74) is 5.97. The summed E-state index contributed by atoms with van der Waals surface area (Å²) < 4.78 is 0. The van der Waals surface area contributed by atoms with E-state index in [1.807, 2.05) is 0 Å². The Morgan fingerprint density at radius 3 is 2.82 bits per heavy atom. The van der Waals surface area contributed by atoms with Crippen LogP contribution in [0, 0.1) is 5.92 Å². The highest BCUT2D eigenvalue weighted by Crippen LogP contribution is 2.28. The van der Waals surface area contributed by atoms with Crippen molar-refractivity contribution in [3.8, 4) is 0 Å². The predicted molar refractivity (Wildman–Crippen MR) is 81.7 cm³/mol. The van der Waals surface area contributed by atoms with Gasteiger partial charge in [-0.2, -0.15) is 0 Å². The Balaban J connectivity index is 1.38. The number of hydrogen-bond donors (Lipinski definition) is 2. The second kappa shape index (κ2) is 6.48. The van der Waals surface area contributed by atoms with Crippen LogP contribution in [0.4, 0.5) is 0 Å². The van der Waals surface area contributed by atoms with Crippen molar-refractivity contribution in [3.05, 3.63) is 21.9 Å². The number of carbonyl (C=O) groups is 3. The maximum atomic E-state index is 12.2. The summed E-state index contributed by atoms with van der Waals surface area (Å²) in [6.07, 6.45) is 2.93. The van der Waals surface area contributed by atoms with Crippen LogP contribution < -0.4 is 10.9 Å². The molecule has 1 fully saturated rings. The zero-order valence-corrected chi connectivity index (χ0v) is 13.1. The molecule has 3 rings (SSSR count). The zero-order valence-electron chi connectivity index (χ0n) is 12.3. The SMILES string of the molecule is O=C(CCC(=O)N1CCc2sccc2C1)NNC(=O)C1CC1. The average molecular weight is 321 g/mol. The van der Waals surface area contributed by atoms with Gasteiger partial charge in [0.2, 0.25) is 17.7 Å². The van der Waals surface area contributed by atoms with E-state index in [0.717, 1.165) is 19.3 Å². The van der Waals surface area contributed by atoms with E-state index in [-0.39, 0.29) is 36.5 Å². The van der Waals surface area contributed by atoms with E-state index in [2.05, 4.69) is 22.3 Å². The fourth-order valence-electron chi connectivity index (χ4n) is 2.48. The van der Waals surface area contributed by atoms with Crippen molar-refractivity contribution in [1.29, 1.82) is 0 Å². The molecule has 0 radical (unpaired) electrons. The lowest BCUT2D eigenvalue weighted by Crippen LogP contribution is -2.43. The second-order valence-corrected chi connectivity index (χ2v) is 6.75. The molecule has 6 nitrogen and oxygen atoms in total. The van der Waals surface area contributed by atoms with Gasteiger partial charge in [0, 0.05) is 36.7 Å². The summed E-state index contributed by atoms with van der Waals surface area (Å²) in [7, 11) is 0. The molecule has 0 saturated heterocycles. The lowest BCUT2D eigenvalue weighted by Gasteiger charge is -2.27. The Morgan fingerprint density at radius 1 is 1.23 bits per heavy atom. The first-order valence-electron chi connectivity index (χ1n) is 7.55. The molecule has 2 N–H and O–H groups in total. The van der Waals surface area contributed by atoms with Crippen LogP contribution in [-0.4, -0.2) is 29.2 Å². The molecule has 1 saturated carbocycles. The van der Waals surface area contributed by atoms with Gasteiger partial charge in [-0.15, -0.1) is 11.3 Å². The van der Waals surface area contributed by atoms with Gasteiger partial charge in [-0.3, -0.25) is 25.2 Å². The number of fused-ring (bicyclic) bond motifs is 1. The fraction of sp³-hybridized carbons (Fsp3) is 0.533.